The summed E-state index contributed by atoms with van der Waals surface area (Å²) in [7, 11) is 0. The molecule has 0 aliphatic heterocycles. The Morgan fingerprint density at radius 2 is 2.12 bits per heavy atom. The van der Waals surface area contributed by atoms with E-state index < -0.39 is 0 Å². The molecule has 0 spiro atoms. The second-order valence-corrected chi connectivity index (χ2v) is 4.19. The van der Waals surface area contributed by atoms with Gasteiger partial charge in [-0.25, -0.2) is 4.39 Å². The van der Waals surface area contributed by atoms with E-state index in [1.54, 1.807) is 13.0 Å². The van der Waals surface area contributed by atoms with E-state index in [0.717, 1.165) is 25.1 Å². The molecule has 0 aromatic heterocycles. The van der Waals surface area contributed by atoms with E-state index in [1.807, 2.05) is 19.1 Å². The zero-order chi connectivity index (χ0) is 12.7. The van der Waals surface area contributed by atoms with Crippen molar-refractivity contribution in [2.24, 2.45) is 0 Å². The molecule has 0 aliphatic carbocycles. The van der Waals surface area contributed by atoms with Gasteiger partial charge >= 0.3 is 0 Å². The number of aryl methyl sites for hydroxylation is 1. The lowest BCUT2D eigenvalue weighted by Crippen LogP contribution is -2.25. The molecule has 0 aliphatic rings. The molecule has 17 heavy (non-hydrogen) atoms. The number of likely N-dealkylation sites (N-methyl/N-ethyl adjacent to an activating group) is 1. The fourth-order valence-electron chi connectivity index (χ4n) is 1.69. The Morgan fingerprint density at radius 3 is 2.71 bits per heavy atom. The van der Waals surface area contributed by atoms with Crippen molar-refractivity contribution < 1.29 is 9.13 Å². The van der Waals surface area contributed by atoms with E-state index in [1.165, 1.54) is 0 Å². The Labute approximate surface area is 103 Å². The molecule has 0 heterocycles. The third kappa shape index (κ3) is 4.44. The van der Waals surface area contributed by atoms with Crippen molar-refractivity contribution in [1.29, 1.82) is 0 Å². The van der Waals surface area contributed by atoms with Gasteiger partial charge in [-0.1, -0.05) is 26.0 Å². The van der Waals surface area contributed by atoms with Crippen LogP contribution in [0.2, 0.25) is 0 Å². The number of hydrogen-bond acceptors (Lipinski definition) is 2. The summed E-state index contributed by atoms with van der Waals surface area (Å²) >= 11 is 0. The summed E-state index contributed by atoms with van der Waals surface area (Å²) in [5.41, 5.74) is 1.63. The van der Waals surface area contributed by atoms with Crippen molar-refractivity contribution in [3.8, 4) is 0 Å². The fraction of sp³-hybridized carbons (Fsp3) is 0.571. The molecule has 0 fully saturated rings. The zero-order valence-electron chi connectivity index (χ0n) is 10.9. The summed E-state index contributed by atoms with van der Waals surface area (Å²) in [6.45, 7) is 8.07. The maximum atomic E-state index is 13.5. The Morgan fingerprint density at radius 1 is 1.35 bits per heavy atom. The SMILES string of the molecule is CCCOCC(NCC)c1ccc(C)c(F)c1. The summed E-state index contributed by atoms with van der Waals surface area (Å²) in [4.78, 5) is 0. The molecule has 0 saturated heterocycles. The molecule has 1 aromatic rings. The van der Waals surface area contributed by atoms with Gasteiger partial charge in [-0.3, -0.25) is 0 Å². The average molecular weight is 239 g/mol. The van der Waals surface area contributed by atoms with E-state index >= 15 is 0 Å². The average Bonchev–Trinajstić information content (AvgIpc) is 2.32. The van der Waals surface area contributed by atoms with Gasteiger partial charge in [0, 0.05) is 6.61 Å². The summed E-state index contributed by atoms with van der Waals surface area (Å²) in [6, 6.07) is 5.44. The summed E-state index contributed by atoms with van der Waals surface area (Å²) < 4.78 is 19.0. The number of ether oxygens (including phenoxy) is 1. The monoisotopic (exact) mass is 239 g/mol. The van der Waals surface area contributed by atoms with E-state index in [0.29, 0.717) is 12.2 Å². The molecule has 96 valence electrons. The van der Waals surface area contributed by atoms with Gasteiger partial charge in [-0.05, 0) is 37.1 Å². The largest absolute Gasteiger partial charge is 0.379 e. The van der Waals surface area contributed by atoms with Gasteiger partial charge in [-0.2, -0.15) is 0 Å². The van der Waals surface area contributed by atoms with Crippen LogP contribution >= 0.6 is 0 Å². The third-order valence-electron chi connectivity index (χ3n) is 2.68. The van der Waals surface area contributed by atoms with Crippen LogP contribution < -0.4 is 5.32 Å². The predicted molar refractivity (Wildman–Crippen MR) is 68.7 cm³/mol. The van der Waals surface area contributed by atoms with Gasteiger partial charge in [-0.15, -0.1) is 0 Å². The molecule has 0 amide bonds. The number of benzene rings is 1. The first-order chi connectivity index (χ1) is 8.19. The molecule has 1 aromatic carbocycles. The molecule has 1 atom stereocenters. The van der Waals surface area contributed by atoms with Crippen LogP contribution in [0, 0.1) is 12.7 Å². The molecule has 1 rings (SSSR count). The van der Waals surface area contributed by atoms with Crippen LogP contribution in [0.25, 0.3) is 0 Å². The number of halogens is 1. The van der Waals surface area contributed by atoms with Crippen LogP contribution in [-0.2, 0) is 4.74 Å². The topological polar surface area (TPSA) is 21.3 Å². The number of nitrogens with one attached hydrogen (secondary N) is 1. The second kappa shape index (κ2) is 7.41. The van der Waals surface area contributed by atoms with Gasteiger partial charge in [0.15, 0.2) is 0 Å². The van der Waals surface area contributed by atoms with Gasteiger partial charge < -0.3 is 10.1 Å². The lowest BCUT2D eigenvalue weighted by Gasteiger charge is -2.18. The second-order valence-electron chi connectivity index (χ2n) is 4.19. The first-order valence-corrected chi connectivity index (χ1v) is 6.26. The van der Waals surface area contributed by atoms with Crippen molar-refractivity contribution >= 4 is 0 Å². The minimum absolute atomic E-state index is 0.0710. The van der Waals surface area contributed by atoms with E-state index in [9.17, 15) is 4.39 Å². The normalized spacial score (nSPS) is 12.7. The van der Waals surface area contributed by atoms with Gasteiger partial charge in [0.1, 0.15) is 5.82 Å². The number of rotatable bonds is 7. The fourth-order valence-corrected chi connectivity index (χ4v) is 1.69. The summed E-state index contributed by atoms with van der Waals surface area (Å²) in [5, 5.41) is 3.31. The van der Waals surface area contributed by atoms with Gasteiger partial charge in [0.2, 0.25) is 0 Å². The maximum Gasteiger partial charge on any atom is 0.126 e. The zero-order valence-corrected chi connectivity index (χ0v) is 10.9. The lowest BCUT2D eigenvalue weighted by atomic mass is 10.1. The Bertz CT molecular complexity index is 341. The Hall–Kier alpha value is -0.930. The van der Waals surface area contributed by atoms with Crippen molar-refractivity contribution in [3.05, 3.63) is 35.1 Å². The Kier molecular flexibility index (Phi) is 6.16. The highest BCUT2D eigenvalue weighted by atomic mass is 19.1. The van der Waals surface area contributed by atoms with Crippen LogP contribution in [0.15, 0.2) is 18.2 Å². The van der Waals surface area contributed by atoms with E-state index in [-0.39, 0.29) is 11.9 Å². The first-order valence-electron chi connectivity index (χ1n) is 6.26. The molecule has 2 nitrogen and oxygen atoms in total. The van der Waals surface area contributed by atoms with Crippen LogP contribution in [0.3, 0.4) is 0 Å². The minimum Gasteiger partial charge on any atom is -0.379 e. The van der Waals surface area contributed by atoms with Crippen molar-refractivity contribution in [1.82, 2.24) is 5.32 Å². The summed E-state index contributed by atoms with van der Waals surface area (Å²) in [5.74, 6) is -0.152. The lowest BCUT2D eigenvalue weighted by molar-refractivity contribution is 0.112. The standard InChI is InChI=1S/C14H22FNO/c1-4-8-17-10-14(16-5-2)12-7-6-11(3)13(15)9-12/h6-7,9,14,16H,4-5,8,10H2,1-3H3. The number of hydrogen-bond donors (Lipinski definition) is 1. The highest BCUT2D eigenvalue weighted by Gasteiger charge is 2.11. The quantitative estimate of drug-likeness (QED) is 0.738. The van der Waals surface area contributed by atoms with E-state index in [2.05, 4.69) is 12.2 Å². The molecular formula is C14H22FNO. The molecule has 3 heteroatoms. The smallest absolute Gasteiger partial charge is 0.126 e. The van der Waals surface area contributed by atoms with Crippen LogP contribution in [0.1, 0.15) is 37.4 Å². The van der Waals surface area contributed by atoms with Crippen molar-refractivity contribution in [2.45, 2.75) is 33.2 Å². The maximum absolute atomic E-state index is 13.5. The minimum atomic E-state index is -0.152. The molecule has 0 bridgehead atoms. The van der Waals surface area contributed by atoms with Crippen LogP contribution in [-0.4, -0.2) is 19.8 Å². The van der Waals surface area contributed by atoms with Gasteiger partial charge in [0.05, 0.1) is 12.6 Å². The summed E-state index contributed by atoms with van der Waals surface area (Å²) in [6.07, 6.45) is 1.00. The first kappa shape index (κ1) is 14.1. The molecule has 0 radical (unpaired) electrons. The van der Waals surface area contributed by atoms with Crippen LogP contribution in [0.4, 0.5) is 4.39 Å². The highest BCUT2D eigenvalue weighted by Crippen LogP contribution is 2.17. The Balaban J connectivity index is 2.70. The third-order valence-corrected chi connectivity index (χ3v) is 2.68. The van der Waals surface area contributed by atoms with Gasteiger partial charge in [0.25, 0.3) is 0 Å². The molecule has 0 saturated carbocycles. The van der Waals surface area contributed by atoms with E-state index in [4.69, 9.17) is 4.74 Å². The molecule has 1 unspecified atom stereocenters. The molecule has 1 N–H and O–H groups in total. The van der Waals surface area contributed by atoms with Crippen molar-refractivity contribution in [2.75, 3.05) is 19.8 Å². The van der Waals surface area contributed by atoms with Crippen molar-refractivity contribution in [3.63, 3.8) is 0 Å². The molecular weight excluding hydrogens is 217 g/mol. The highest BCUT2D eigenvalue weighted by molar-refractivity contribution is 5.25. The predicted octanol–water partition coefficient (Wildman–Crippen LogP) is 3.21. The van der Waals surface area contributed by atoms with Crippen LogP contribution in [0.5, 0.6) is 0 Å².